The Morgan fingerprint density at radius 2 is 2.06 bits per heavy atom. The van der Waals surface area contributed by atoms with E-state index in [0.717, 1.165) is 0 Å². The van der Waals surface area contributed by atoms with E-state index >= 15 is 0 Å². The maximum absolute atomic E-state index is 10.8. The Hall–Kier alpha value is -0.900. The second-order valence-corrected chi connectivity index (χ2v) is 3.30. The van der Waals surface area contributed by atoms with Gasteiger partial charge in [-0.1, -0.05) is 0 Å². The van der Waals surface area contributed by atoms with Gasteiger partial charge in [-0.25, -0.2) is 4.99 Å². The molecule has 1 fully saturated rings. The Labute approximate surface area is 91.0 Å². The van der Waals surface area contributed by atoms with Crippen molar-refractivity contribution in [1.29, 1.82) is 0 Å². The summed E-state index contributed by atoms with van der Waals surface area (Å²) < 4.78 is 4.93. The summed E-state index contributed by atoms with van der Waals surface area (Å²) in [5.74, 6) is -0.900. The highest BCUT2D eigenvalue weighted by Gasteiger charge is 2.40. The Bertz CT molecular complexity index is 294. The molecule has 1 heterocycles. The summed E-state index contributed by atoms with van der Waals surface area (Å²) in [6, 6.07) is 0. The van der Waals surface area contributed by atoms with Crippen LogP contribution < -0.4 is 5.73 Å². The zero-order valence-corrected chi connectivity index (χ0v) is 8.35. The molecule has 0 unspecified atom stereocenters. The number of aliphatic hydroxyl groups excluding tert-OH is 4. The minimum absolute atomic E-state index is 0.267. The predicted molar refractivity (Wildman–Crippen MR) is 51.5 cm³/mol. The van der Waals surface area contributed by atoms with Crippen LogP contribution in [0.2, 0.25) is 0 Å². The molecule has 0 radical (unpaired) electrons. The largest absolute Gasteiger partial charge is 0.394 e. The van der Waals surface area contributed by atoms with E-state index in [0.29, 0.717) is 0 Å². The van der Waals surface area contributed by atoms with Crippen molar-refractivity contribution in [3.63, 3.8) is 0 Å². The molecule has 0 bridgehead atoms. The van der Waals surface area contributed by atoms with Gasteiger partial charge < -0.3 is 30.9 Å². The van der Waals surface area contributed by atoms with Crippen molar-refractivity contribution in [2.45, 2.75) is 24.5 Å². The van der Waals surface area contributed by atoms with E-state index < -0.39 is 43.7 Å². The lowest BCUT2D eigenvalue weighted by molar-refractivity contribution is -0.128. The Morgan fingerprint density at radius 3 is 2.56 bits per heavy atom. The van der Waals surface area contributed by atoms with E-state index in [1.165, 1.54) is 0 Å². The average molecular weight is 234 g/mol. The molecule has 1 saturated heterocycles. The first-order chi connectivity index (χ1) is 7.51. The van der Waals surface area contributed by atoms with Crippen LogP contribution in [0, 0.1) is 0 Å². The van der Waals surface area contributed by atoms with Crippen LogP contribution in [0.15, 0.2) is 4.99 Å². The topological polar surface area (TPSA) is 146 Å². The van der Waals surface area contributed by atoms with Crippen molar-refractivity contribution in [3.8, 4) is 0 Å². The van der Waals surface area contributed by atoms with Crippen molar-refractivity contribution in [2.24, 2.45) is 10.7 Å². The quantitative estimate of drug-likeness (QED) is 0.331. The summed E-state index contributed by atoms with van der Waals surface area (Å²) in [5.41, 5.74) is 5.16. The summed E-state index contributed by atoms with van der Waals surface area (Å²) in [7, 11) is 0. The SMILES string of the molecule is N[C@@H]1O[C@H](CO)[C@@H](O)[C@H](O)C1=NC(=O)CO. The second-order valence-electron chi connectivity index (χ2n) is 3.30. The number of amides is 1. The normalized spacial score (nSPS) is 37.7. The second kappa shape index (κ2) is 5.43. The van der Waals surface area contributed by atoms with Crippen molar-refractivity contribution < 1.29 is 30.0 Å². The maximum atomic E-state index is 10.8. The summed E-state index contributed by atoms with van der Waals surface area (Å²) >= 11 is 0. The molecule has 8 nitrogen and oxygen atoms in total. The van der Waals surface area contributed by atoms with E-state index in [9.17, 15) is 15.0 Å². The van der Waals surface area contributed by atoms with E-state index in [1.54, 1.807) is 0 Å². The molecular formula is C8H14N2O6. The minimum Gasteiger partial charge on any atom is -0.394 e. The number of ether oxygens (including phenoxy) is 1. The number of aliphatic imine (C=N–C) groups is 1. The number of nitrogens with two attached hydrogens (primary N) is 1. The number of hydrogen-bond donors (Lipinski definition) is 5. The highest BCUT2D eigenvalue weighted by Crippen LogP contribution is 2.16. The first-order valence-electron chi connectivity index (χ1n) is 4.61. The fourth-order valence-electron chi connectivity index (χ4n) is 1.35. The third kappa shape index (κ3) is 2.61. The first-order valence-corrected chi connectivity index (χ1v) is 4.61. The Kier molecular flexibility index (Phi) is 4.47. The summed E-state index contributed by atoms with van der Waals surface area (Å²) in [6.07, 6.45) is -5.16. The number of carbonyl (C=O) groups is 1. The fourth-order valence-corrected chi connectivity index (χ4v) is 1.35. The number of rotatable bonds is 2. The van der Waals surface area contributed by atoms with Crippen LogP contribution in [-0.2, 0) is 9.53 Å². The van der Waals surface area contributed by atoms with Crippen molar-refractivity contribution >= 4 is 11.6 Å². The van der Waals surface area contributed by atoms with Crippen LogP contribution in [0.5, 0.6) is 0 Å². The molecule has 0 aliphatic carbocycles. The summed E-state index contributed by atoms with van der Waals surface area (Å²) in [4.78, 5) is 14.2. The molecule has 0 aromatic rings. The van der Waals surface area contributed by atoms with Gasteiger partial charge in [-0.3, -0.25) is 4.79 Å². The molecule has 1 aliphatic heterocycles. The standard InChI is InChI=1S/C8H14N2O6/c9-8-5(10-4(13)2-12)7(15)6(14)3(1-11)16-8/h3,6-8,11-12,14-15H,1-2,9H2/t3-,6-,7-,8-/m1/s1. The number of aliphatic hydroxyl groups is 4. The molecule has 0 spiro atoms. The number of hydrogen-bond acceptors (Lipinski definition) is 7. The molecule has 0 aromatic heterocycles. The lowest BCUT2D eigenvalue weighted by atomic mass is 9.99. The molecule has 0 saturated carbocycles. The van der Waals surface area contributed by atoms with Crippen molar-refractivity contribution in [1.82, 2.24) is 0 Å². The lowest BCUT2D eigenvalue weighted by Crippen LogP contribution is -2.59. The third-order valence-electron chi connectivity index (χ3n) is 2.19. The monoisotopic (exact) mass is 234 g/mol. The van der Waals surface area contributed by atoms with Crippen LogP contribution in [0.3, 0.4) is 0 Å². The highest BCUT2D eigenvalue weighted by molar-refractivity contribution is 6.01. The van der Waals surface area contributed by atoms with Gasteiger partial charge in [0.1, 0.15) is 31.1 Å². The zero-order chi connectivity index (χ0) is 12.3. The van der Waals surface area contributed by atoms with Gasteiger partial charge in [-0.2, -0.15) is 0 Å². The molecular weight excluding hydrogens is 220 g/mol. The average Bonchev–Trinajstić information content (AvgIpc) is 2.28. The summed E-state index contributed by atoms with van der Waals surface area (Å²) in [6.45, 7) is -1.35. The van der Waals surface area contributed by atoms with Crippen LogP contribution >= 0.6 is 0 Å². The molecule has 16 heavy (non-hydrogen) atoms. The van der Waals surface area contributed by atoms with Gasteiger partial charge in [-0.05, 0) is 0 Å². The Morgan fingerprint density at radius 1 is 1.44 bits per heavy atom. The smallest absolute Gasteiger partial charge is 0.271 e. The highest BCUT2D eigenvalue weighted by atomic mass is 16.5. The molecule has 1 rings (SSSR count). The molecule has 92 valence electrons. The first kappa shape index (κ1) is 13.2. The van der Waals surface area contributed by atoms with E-state index in [4.69, 9.17) is 20.7 Å². The fraction of sp³-hybridized carbons (Fsp3) is 0.750. The number of carbonyl (C=O) groups excluding carboxylic acids is 1. The van der Waals surface area contributed by atoms with Gasteiger partial charge in [0.2, 0.25) is 0 Å². The summed E-state index contributed by atoms with van der Waals surface area (Å²) in [5, 5.41) is 36.3. The third-order valence-corrected chi connectivity index (χ3v) is 2.19. The Balaban J connectivity index is 2.87. The zero-order valence-electron chi connectivity index (χ0n) is 8.35. The van der Waals surface area contributed by atoms with Crippen LogP contribution in [0.25, 0.3) is 0 Å². The molecule has 8 heteroatoms. The van der Waals surface area contributed by atoms with Crippen LogP contribution in [0.4, 0.5) is 0 Å². The van der Waals surface area contributed by atoms with Gasteiger partial charge in [0.25, 0.3) is 5.91 Å². The van der Waals surface area contributed by atoms with E-state index in [1.807, 2.05) is 0 Å². The van der Waals surface area contributed by atoms with Gasteiger partial charge >= 0.3 is 0 Å². The molecule has 1 amide bonds. The van der Waals surface area contributed by atoms with Crippen LogP contribution in [0.1, 0.15) is 0 Å². The molecule has 1 aliphatic rings. The minimum atomic E-state index is -1.50. The van der Waals surface area contributed by atoms with Crippen molar-refractivity contribution in [2.75, 3.05) is 13.2 Å². The molecule has 0 aromatic carbocycles. The number of nitrogens with zero attached hydrogens (tertiary/aromatic N) is 1. The van der Waals surface area contributed by atoms with Crippen molar-refractivity contribution in [3.05, 3.63) is 0 Å². The van der Waals surface area contributed by atoms with Crippen LogP contribution in [-0.4, -0.2) is 69.8 Å². The van der Waals surface area contributed by atoms with E-state index in [-0.39, 0.29) is 5.71 Å². The van der Waals surface area contributed by atoms with Gasteiger partial charge in [-0.15, -0.1) is 0 Å². The molecule has 4 atom stereocenters. The van der Waals surface area contributed by atoms with Gasteiger partial charge in [0, 0.05) is 0 Å². The molecule has 6 N–H and O–H groups in total. The maximum Gasteiger partial charge on any atom is 0.271 e. The lowest BCUT2D eigenvalue weighted by Gasteiger charge is -2.35. The van der Waals surface area contributed by atoms with E-state index in [2.05, 4.69) is 4.99 Å². The van der Waals surface area contributed by atoms with Gasteiger partial charge in [0.05, 0.1) is 12.3 Å². The van der Waals surface area contributed by atoms with Gasteiger partial charge in [0.15, 0.2) is 0 Å². The predicted octanol–water partition coefficient (Wildman–Crippen LogP) is -3.66.